The van der Waals surface area contributed by atoms with Gasteiger partial charge < -0.3 is 20.0 Å². The molecule has 5 heteroatoms. The normalized spacial score (nSPS) is 22.1. The minimum absolute atomic E-state index is 0.246. The van der Waals surface area contributed by atoms with Crippen molar-refractivity contribution >= 4 is 17.6 Å². The van der Waals surface area contributed by atoms with Gasteiger partial charge in [0.25, 0.3) is 0 Å². The molecule has 2 rings (SSSR count). The summed E-state index contributed by atoms with van der Waals surface area (Å²) in [4.78, 5) is 23.3. The number of carboxylic acid groups (broad SMARTS) is 1. The SMILES string of the molecule is COc1ccc(NC(=O)C2CCCCC2C(=O)[O-])cc1. The average molecular weight is 276 g/mol. The fourth-order valence-electron chi connectivity index (χ4n) is 2.64. The van der Waals surface area contributed by atoms with E-state index in [1.54, 1.807) is 31.4 Å². The van der Waals surface area contributed by atoms with Gasteiger partial charge in [0.2, 0.25) is 5.91 Å². The predicted octanol–water partition coefficient (Wildman–Crippen LogP) is 1.19. The molecule has 2 unspecified atom stereocenters. The number of carbonyl (C=O) groups excluding carboxylic acids is 2. The summed E-state index contributed by atoms with van der Waals surface area (Å²) in [6, 6.07) is 6.95. The summed E-state index contributed by atoms with van der Waals surface area (Å²) < 4.78 is 5.04. The smallest absolute Gasteiger partial charge is 0.228 e. The van der Waals surface area contributed by atoms with E-state index in [-0.39, 0.29) is 5.91 Å². The Morgan fingerprint density at radius 2 is 1.75 bits per heavy atom. The van der Waals surface area contributed by atoms with Crippen molar-refractivity contribution in [2.75, 3.05) is 12.4 Å². The Morgan fingerprint density at radius 1 is 1.15 bits per heavy atom. The summed E-state index contributed by atoms with van der Waals surface area (Å²) in [7, 11) is 1.57. The van der Waals surface area contributed by atoms with Crippen LogP contribution in [-0.4, -0.2) is 19.0 Å². The molecule has 1 saturated carbocycles. The number of ether oxygens (including phenoxy) is 1. The minimum atomic E-state index is -1.13. The Kier molecular flexibility index (Phi) is 4.61. The molecule has 1 aliphatic carbocycles. The Morgan fingerprint density at radius 3 is 2.30 bits per heavy atom. The molecule has 0 aromatic heterocycles. The topological polar surface area (TPSA) is 78.5 Å². The van der Waals surface area contributed by atoms with Crippen LogP contribution in [0.5, 0.6) is 5.75 Å². The molecule has 20 heavy (non-hydrogen) atoms. The third-order valence-corrected chi connectivity index (χ3v) is 3.76. The van der Waals surface area contributed by atoms with Crippen molar-refractivity contribution in [2.24, 2.45) is 11.8 Å². The van der Waals surface area contributed by atoms with Gasteiger partial charge in [-0.05, 0) is 37.1 Å². The van der Waals surface area contributed by atoms with Gasteiger partial charge in [-0.3, -0.25) is 4.79 Å². The largest absolute Gasteiger partial charge is 0.550 e. The molecule has 0 aliphatic heterocycles. The Hall–Kier alpha value is -2.04. The fraction of sp³-hybridized carbons (Fsp3) is 0.467. The van der Waals surface area contributed by atoms with E-state index in [2.05, 4.69) is 5.32 Å². The van der Waals surface area contributed by atoms with Crippen molar-refractivity contribution in [3.63, 3.8) is 0 Å². The van der Waals surface area contributed by atoms with E-state index in [4.69, 9.17) is 4.74 Å². The molecule has 0 spiro atoms. The molecule has 0 heterocycles. The van der Waals surface area contributed by atoms with Gasteiger partial charge in [0.05, 0.1) is 7.11 Å². The van der Waals surface area contributed by atoms with Crippen LogP contribution in [0.2, 0.25) is 0 Å². The van der Waals surface area contributed by atoms with Gasteiger partial charge in [-0.2, -0.15) is 0 Å². The maximum absolute atomic E-state index is 12.2. The second-order valence-corrected chi connectivity index (χ2v) is 5.03. The number of hydrogen-bond donors (Lipinski definition) is 1. The summed E-state index contributed by atoms with van der Waals surface area (Å²) in [5, 5.41) is 13.9. The lowest BCUT2D eigenvalue weighted by Gasteiger charge is -2.31. The first-order valence-corrected chi connectivity index (χ1v) is 6.77. The highest BCUT2D eigenvalue weighted by Gasteiger charge is 2.31. The number of hydrogen-bond acceptors (Lipinski definition) is 4. The molecule has 1 amide bonds. The van der Waals surface area contributed by atoms with Crippen molar-refractivity contribution in [3.8, 4) is 5.75 Å². The van der Waals surface area contributed by atoms with E-state index in [0.29, 0.717) is 24.3 Å². The van der Waals surface area contributed by atoms with E-state index < -0.39 is 17.8 Å². The highest BCUT2D eigenvalue weighted by Crippen LogP contribution is 2.30. The predicted molar refractivity (Wildman–Crippen MR) is 72.1 cm³/mol. The van der Waals surface area contributed by atoms with Crippen LogP contribution >= 0.6 is 0 Å². The van der Waals surface area contributed by atoms with E-state index in [9.17, 15) is 14.7 Å². The number of nitrogens with one attached hydrogen (secondary N) is 1. The number of rotatable bonds is 4. The number of carboxylic acids is 1. The highest BCUT2D eigenvalue weighted by atomic mass is 16.5. The maximum atomic E-state index is 12.2. The second kappa shape index (κ2) is 6.41. The van der Waals surface area contributed by atoms with Gasteiger partial charge in [0.15, 0.2) is 0 Å². The zero-order valence-electron chi connectivity index (χ0n) is 11.4. The number of anilines is 1. The lowest BCUT2D eigenvalue weighted by atomic mass is 9.78. The lowest BCUT2D eigenvalue weighted by molar-refractivity contribution is -0.313. The van der Waals surface area contributed by atoms with Gasteiger partial charge in [0, 0.05) is 23.5 Å². The molecule has 0 saturated heterocycles. The van der Waals surface area contributed by atoms with Crippen LogP contribution in [-0.2, 0) is 9.59 Å². The summed E-state index contributed by atoms with van der Waals surface area (Å²) in [5.74, 6) is -1.85. The molecule has 1 aliphatic rings. The molecule has 0 radical (unpaired) electrons. The first-order valence-electron chi connectivity index (χ1n) is 6.77. The van der Waals surface area contributed by atoms with Crippen LogP contribution in [0.1, 0.15) is 25.7 Å². The van der Waals surface area contributed by atoms with Gasteiger partial charge >= 0.3 is 0 Å². The standard InChI is InChI=1S/C15H19NO4/c1-20-11-8-6-10(7-9-11)16-14(17)12-4-2-3-5-13(12)15(18)19/h6-9,12-13H,2-5H2,1H3,(H,16,17)(H,18,19)/p-1. The molecule has 1 fully saturated rings. The Bertz CT molecular complexity index is 483. The summed E-state index contributed by atoms with van der Waals surface area (Å²) in [6.45, 7) is 0. The lowest BCUT2D eigenvalue weighted by Crippen LogP contribution is -2.42. The third-order valence-electron chi connectivity index (χ3n) is 3.76. The highest BCUT2D eigenvalue weighted by molar-refractivity contribution is 5.95. The molecule has 1 aromatic carbocycles. The molecule has 5 nitrogen and oxygen atoms in total. The van der Waals surface area contributed by atoms with E-state index in [0.717, 1.165) is 12.8 Å². The van der Waals surface area contributed by atoms with Crippen molar-refractivity contribution in [2.45, 2.75) is 25.7 Å². The van der Waals surface area contributed by atoms with E-state index >= 15 is 0 Å². The molecular weight excluding hydrogens is 258 g/mol. The molecule has 1 N–H and O–H groups in total. The van der Waals surface area contributed by atoms with E-state index in [1.807, 2.05) is 0 Å². The number of methoxy groups -OCH3 is 1. The van der Waals surface area contributed by atoms with Crippen molar-refractivity contribution in [1.29, 1.82) is 0 Å². The van der Waals surface area contributed by atoms with Gasteiger partial charge in [-0.15, -0.1) is 0 Å². The Labute approximate surface area is 117 Å². The quantitative estimate of drug-likeness (QED) is 0.896. The first-order chi connectivity index (χ1) is 9.61. The van der Waals surface area contributed by atoms with E-state index in [1.165, 1.54) is 0 Å². The number of aliphatic carboxylic acids is 1. The maximum Gasteiger partial charge on any atom is 0.228 e. The van der Waals surface area contributed by atoms with Crippen molar-refractivity contribution in [1.82, 2.24) is 0 Å². The van der Waals surface area contributed by atoms with Crippen LogP contribution in [0, 0.1) is 11.8 Å². The second-order valence-electron chi connectivity index (χ2n) is 5.03. The first kappa shape index (κ1) is 14.4. The monoisotopic (exact) mass is 276 g/mol. The van der Waals surface area contributed by atoms with Gasteiger partial charge in [0.1, 0.15) is 5.75 Å². The molecule has 0 bridgehead atoms. The van der Waals surface area contributed by atoms with Crippen molar-refractivity contribution in [3.05, 3.63) is 24.3 Å². The zero-order chi connectivity index (χ0) is 14.5. The molecule has 2 atom stereocenters. The Balaban J connectivity index is 2.03. The summed E-state index contributed by atoms with van der Waals surface area (Å²) in [5.41, 5.74) is 0.637. The van der Waals surface area contributed by atoms with Crippen molar-refractivity contribution < 1.29 is 19.4 Å². The zero-order valence-corrected chi connectivity index (χ0v) is 11.4. The van der Waals surface area contributed by atoms with Crippen LogP contribution in [0.15, 0.2) is 24.3 Å². The minimum Gasteiger partial charge on any atom is -0.550 e. The van der Waals surface area contributed by atoms with Gasteiger partial charge in [-0.25, -0.2) is 0 Å². The number of benzene rings is 1. The summed E-state index contributed by atoms with van der Waals surface area (Å²) in [6.07, 6.45) is 2.83. The molecule has 1 aromatic rings. The molecule has 108 valence electrons. The van der Waals surface area contributed by atoms with Crippen LogP contribution in [0.4, 0.5) is 5.69 Å². The fourth-order valence-corrected chi connectivity index (χ4v) is 2.64. The average Bonchev–Trinajstić information content (AvgIpc) is 2.48. The van der Waals surface area contributed by atoms with Crippen LogP contribution in [0.25, 0.3) is 0 Å². The third kappa shape index (κ3) is 3.29. The van der Waals surface area contributed by atoms with Crippen LogP contribution < -0.4 is 15.2 Å². The van der Waals surface area contributed by atoms with Gasteiger partial charge in [-0.1, -0.05) is 12.8 Å². The number of carbonyl (C=O) groups is 2. The number of amides is 1. The summed E-state index contributed by atoms with van der Waals surface area (Å²) >= 11 is 0. The van der Waals surface area contributed by atoms with Crippen LogP contribution in [0.3, 0.4) is 0 Å². The molecular formula is C15H18NO4-.